The first-order valence-electron chi connectivity index (χ1n) is 5.49. The molecule has 0 atom stereocenters. The van der Waals surface area contributed by atoms with E-state index >= 15 is 0 Å². The Hall–Kier alpha value is -1.24. The molecule has 0 aromatic heterocycles. The van der Waals surface area contributed by atoms with E-state index in [9.17, 15) is 0 Å². The molecule has 0 amide bonds. The van der Waals surface area contributed by atoms with Crippen molar-refractivity contribution in [2.24, 2.45) is 0 Å². The number of hydrogen-bond acceptors (Lipinski definition) is 1. The van der Waals surface area contributed by atoms with Crippen LogP contribution in [0.25, 0.3) is 0 Å². The van der Waals surface area contributed by atoms with Gasteiger partial charge in [0.15, 0.2) is 0 Å². The Morgan fingerprint density at radius 1 is 1.40 bits per heavy atom. The van der Waals surface area contributed by atoms with Gasteiger partial charge in [-0.2, -0.15) is 0 Å². The first kappa shape index (κ1) is 11.8. The zero-order valence-corrected chi connectivity index (χ0v) is 9.92. The smallest absolute Gasteiger partial charge is 0.122 e. The van der Waals surface area contributed by atoms with E-state index in [0.29, 0.717) is 12.5 Å². The average molecular weight is 204 g/mol. The molecule has 0 spiro atoms. The molecule has 0 heterocycles. The molecular weight excluding hydrogens is 184 g/mol. The summed E-state index contributed by atoms with van der Waals surface area (Å²) in [7, 11) is 0. The van der Waals surface area contributed by atoms with Crippen LogP contribution in [0, 0.1) is 6.92 Å². The van der Waals surface area contributed by atoms with Crippen molar-refractivity contribution >= 4 is 0 Å². The highest BCUT2D eigenvalue weighted by Crippen LogP contribution is 2.24. The summed E-state index contributed by atoms with van der Waals surface area (Å²) in [5.74, 6) is 1.55. The second kappa shape index (κ2) is 5.59. The predicted octanol–water partition coefficient (Wildman–Crippen LogP) is 4.07. The lowest BCUT2D eigenvalue weighted by Crippen LogP contribution is -1.99. The Morgan fingerprint density at radius 3 is 2.73 bits per heavy atom. The Kier molecular flexibility index (Phi) is 4.41. The van der Waals surface area contributed by atoms with Crippen molar-refractivity contribution in [2.75, 3.05) is 6.61 Å². The van der Waals surface area contributed by atoms with Crippen LogP contribution in [0.5, 0.6) is 5.75 Å². The van der Waals surface area contributed by atoms with Crippen molar-refractivity contribution in [3.63, 3.8) is 0 Å². The van der Waals surface area contributed by atoms with Gasteiger partial charge in [-0.25, -0.2) is 0 Å². The van der Waals surface area contributed by atoms with Crippen LogP contribution in [0.15, 0.2) is 30.9 Å². The monoisotopic (exact) mass is 204 g/mol. The molecule has 1 nitrogen and oxygen atoms in total. The Morgan fingerprint density at radius 2 is 2.13 bits per heavy atom. The molecule has 1 heteroatoms. The van der Waals surface area contributed by atoms with Gasteiger partial charge >= 0.3 is 0 Å². The first-order valence-corrected chi connectivity index (χ1v) is 5.49. The van der Waals surface area contributed by atoms with E-state index < -0.39 is 0 Å². The lowest BCUT2D eigenvalue weighted by Gasteiger charge is -2.12. The fourth-order valence-corrected chi connectivity index (χ4v) is 1.38. The van der Waals surface area contributed by atoms with Gasteiger partial charge in [-0.3, -0.25) is 0 Å². The third kappa shape index (κ3) is 3.43. The van der Waals surface area contributed by atoms with E-state index in [-0.39, 0.29) is 0 Å². The Labute approximate surface area is 92.8 Å². The summed E-state index contributed by atoms with van der Waals surface area (Å²) in [5, 5.41) is 0. The highest BCUT2D eigenvalue weighted by Gasteiger charge is 2.04. The van der Waals surface area contributed by atoms with Gasteiger partial charge in [-0.05, 0) is 36.5 Å². The van der Waals surface area contributed by atoms with E-state index in [1.165, 1.54) is 11.1 Å². The lowest BCUT2D eigenvalue weighted by atomic mass is 10.0. The maximum Gasteiger partial charge on any atom is 0.122 e. The molecule has 0 bridgehead atoms. The maximum absolute atomic E-state index is 5.70. The molecule has 0 fully saturated rings. The van der Waals surface area contributed by atoms with Gasteiger partial charge in [0.05, 0.1) is 6.61 Å². The van der Waals surface area contributed by atoms with E-state index in [4.69, 9.17) is 4.74 Å². The highest BCUT2D eigenvalue weighted by molar-refractivity contribution is 5.37. The summed E-state index contributed by atoms with van der Waals surface area (Å²) >= 11 is 0. The summed E-state index contributed by atoms with van der Waals surface area (Å²) in [6, 6.07) is 6.43. The zero-order valence-electron chi connectivity index (χ0n) is 9.92. The maximum atomic E-state index is 5.70. The van der Waals surface area contributed by atoms with Gasteiger partial charge in [0, 0.05) is 0 Å². The molecule has 0 aliphatic rings. The predicted molar refractivity (Wildman–Crippen MR) is 65.6 cm³/mol. The topological polar surface area (TPSA) is 9.23 Å². The first-order chi connectivity index (χ1) is 7.15. The normalized spacial score (nSPS) is 10.4. The lowest BCUT2D eigenvalue weighted by molar-refractivity contribution is 0.322. The van der Waals surface area contributed by atoms with Gasteiger partial charge < -0.3 is 4.74 Å². The van der Waals surface area contributed by atoms with Gasteiger partial charge in [-0.15, -0.1) is 6.58 Å². The molecule has 1 rings (SSSR count). The molecule has 0 unspecified atom stereocenters. The summed E-state index contributed by atoms with van der Waals surface area (Å²) in [4.78, 5) is 0. The molecule has 0 saturated heterocycles. The molecule has 0 aliphatic heterocycles. The van der Waals surface area contributed by atoms with Crippen LogP contribution in [0.1, 0.15) is 37.3 Å². The van der Waals surface area contributed by atoms with E-state index in [0.717, 1.165) is 12.2 Å². The minimum absolute atomic E-state index is 0.548. The minimum atomic E-state index is 0.548. The molecule has 0 radical (unpaired) electrons. The SMILES string of the molecule is C=CCCOc1cc(C(C)C)ccc1C. The van der Waals surface area contributed by atoms with Crippen molar-refractivity contribution in [3.05, 3.63) is 42.0 Å². The molecule has 0 N–H and O–H groups in total. The summed E-state index contributed by atoms with van der Waals surface area (Å²) in [6.45, 7) is 10.9. The van der Waals surface area contributed by atoms with Crippen molar-refractivity contribution in [1.29, 1.82) is 0 Å². The van der Waals surface area contributed by atoms with Gasteiger partial charge in [0.25, 0.3) is 0 Å². The molecule has 0 saturated carbocycles. The van der Waals surface area contributed by atoms with Crippen molar-refractivity contribution in [2.45, 2.75) is 33.1 Å². The second-order valence-corrected chi connectivity index (χ2v) is 4.11. The summed E-state index contributed by atoms with van der Waals surface area (Å²) < 4.78 is 5.70. The molecule has 0 aliphatic carbocycles. The number of ether oxygens (including phenoxy) is 1. The van der Waals surface area contributed by atoms with Gasteiger partial charge in [0.1, 0.15) is 5.75 Å². The van der Waals surface area contributed by atoms with Crippen molar-refractivity contribution in [1.82, 2.24) is 0 Å². The standard InChI is InChI=1S/C14H20O/c1-5-6-9-15-14-10-13(11(2)3)8-7-12(14)4/h5,7-8,10-11H,1,6,9H2,2-4H3. The van der Waals surface area contributed by atoms with Crippen LogP contribution in [0.4, 0.5) is 0 Å². The van der Waals surface area contributed by atoms with Crippen molar-refractivity contribution in [3.8, 4) is 5.75 Å². The van der Waals surface area contributed by atoms with Crippen LogP contribution in [0.3, 0.4) is 0 Å². The third-order valence-corrected chi connectivity index (χ3v) is 2.46. The minimum Gasteiger partial charge on any atom is -0.493 e. The number of rotatable bonds is 5. The van der Waals surface area contributed by atoms with E-state index in [1.807, 2.05) is 6.08 Å². The van der Waals surface area contributed by atoms with E-state index in [1.54, 1.807) is 0 Å². The summed E-state index contributed by atoms with van der Waals surface area (Å²) in [5.41, 5.74) is 2.53. The van der Waals surface area contributed by atoms with Crippen LogP contribution < -0.4 is 4.74 Å². The third-order valence-electron chi connectivity index (χ3n) is 2.46. The van der Waals surface area contributed by atoms with Crippen LogP contribution in [-0.4, -0.2) is 6.61 Å². The average Bonchev–Trinajstić information content (AvgIpc) is 2.20. The molecule has 1 aromatic carbocycles. The van der Waals surface area contributed by atoms with Gasteiger partial charge in [0.2, 0.25) is 0 Å². The number of benzene rings is 1. The quantitative estimate of drug-likeness (QED) is 0.519. The van der Waals surface area contributed by atoms with Crippen molar-refractivity contribution < 1.29 is 4.74 Å². The Balaban J connectivity index is 2.76. The van der Waals surface area contributed by atoms with Crippen LogP contribution >= 0.6 is 0 Å². The molecular formula is C14H20O. The second-order valence-electron chi connectivity index (χ2n) is 4.11. The highest BCUT2D eigenvalue weighted by atomic mass is 16.5. The Bertz CT molecular complexity index is 326. The van der Waals surface area contributed by atoms with Crippen LogP contribution in [0.2, 0.25) is 0 Å². The summed E-state index contributed by atoms with van der Waals surface area (Å²) in [6.07, 6.45) is 2.77. The number of hydrogen-bond donors (Lipinski definition) is 0. The molecule has 82 valence electrons. The fourth-order valence-electron chi connectivity index (χ4n) is 1.38. The van der Waals surface area contributed by atoms with E-state index in [2.05, 4.69) is 45.5 Å². The van der Waals surface area contributed by atoms with Crippen LogP contribution in [-0.2, 0) is 0 Å². The molecule has 15 heavy (non-hydrogen) atoms. The fraction of sp³-hybridized carbons (Fsp3) is 0.429. The molecule has 1 aromatic rings. The largest absolute Gasteiger partial charge is 0.493 e. The zero-order chi connectivity index (χ0) is 11.3. The van der Waals surface area contributed by atoms with Gasteiger partial charge in [-0.1, -0.05) is 32.1 Å². The number of aryl methyl sites for hydroxylation is 1.